The van der Waals surface area contributed by atoms with E-state index < -0.39 is 23.7 Å². The molecule has 0 spiro atoms. The van der Waals surface area contributed by atoms with Crippen molar-refractivity contribution in [3.8, 4) is 11.5 Å². The Morgan fingerprint density at radius 2 is 1.86 bits per heavy atom. The Morgan fingerprint density at radius 3 is 2.41 bits per heavy atom. The van der Waals surface area contributed by atoms with E-state index in [-0.39, 0.29) is 6.61 Å². The van der Waals surface area contributed by atoms with Gasteiger partial charge in [0.2, 0.25) is 0 Å². The summed E-state index contributed by atoms with van der Waals surface area (Å²) in [5.41, 5.74) is -0.231. The van der Waals surface area contributed by atoms with Gasteiger partial charge in [-0.3, -0.25) is 0 Å². The van der Waals surface area contributed by atoms with Crippen LogP contribution in [-0.4, -0.2) is 38.0 Å². The summed E-state index contributed by atoms with van der Waals surface area (Å²) in [4.78, 5) is 24.8. The number of alkyl carbamates (subject to hydrolysis) is 1. The van der Waals surface area contributed by atoms with Crippen molar-refractivity contribution in [3.05, 3.63) is 23.8 Å². The number of methoxy groups -OCH3 is 1. The van der Waals surface area contributed by atoms with Crippen LogP contribution in [0, 0.1) is 5.92 Å². The van der Waals surface area contributed by atoms with Crippen molar-refractivity contribution in [2.45, 2.75) is 66.0 Å². The zero-order valence-electron chi connectivity index (χ0n) is 18.7. The van der Waals surface area contributed by atoms with Gasteiger partial charge in [-0.25, -0.2) is 9.59 Å². The van der Waals surface area contributed by atoms with Crippen LogP contribution in [0.5, 0.6) is 11.5 Å². The zero-order valence-corrected chi connectivity index (χ0v) is 18.7. The molecule has 29 heavy (non-hydrogen) atoms. The fourth-order valence-corrected chi connectivity index (χ4v) is 2.75. The monoisotopic (exact) mass is 409 g/mol. The lowest BCUT2D eigenvalue weighted by molar-refractivity contribution is -0.145. The molecule has 1 aromatic rings. The molecule has 1 N–H and O–H groups in total. The third-order valence-electron chi connectivity index (χ3n) is 4.02. The fourth-order valence-electron chi connectivity index (χ4n) is 2.75. The number of benzene rings is 1. The van der Waals surface area contributed by atoms with E-state index in [2.05, 4.69) is 19.2 Å². The molecule has 0 aliphatic heterocycles. The number of rotatable bonds is 10. The highest BCUT2D eigenvalue weighted by molar-refractivity contribution is 5.83. The summed E-state index contributed by atoms with van der Waals surface area (Å²) in [5.74, 6) is 0.891. The van der Waals surface area contributed by atoms with Gasteiger partial charge in [-0.1, -0.05) is 20.3 Å². The quantitative estimate of drug-likeness (QED) is 0.567. The minimum absolute atomic E-state index is 0.185. The second kappa shape index (κ2) is 11.5. The lowest BCUT2D eigenvalue weighted by Crippen LogP contribution is -2.39. The predicted molar refractivity (Wildman–Crippen MR) is 111 cm³/mol. The van der Waals surface area contributed by atoms with E-state index in [1.54, 1.807) is 45.9 Å². The summed E-state index contributed by atoms with van der Waals surface area (Å²) in [6, 6.07) is 4.08. The van der Waals surface area contributed by atoms with Gasteiger partial charge in [0.1, 0.15) is 17.1 Å². The van der Waals surface area contributed by atoms with E-state index in [9.17, 15) is 9.59 Å². The molecule has 0 heterocycles. The molecule has 0 bridgehead atoms. The van der Waals surface area contributed by atoms with Gasteiger partial charge in [-0.05, 0) is 52.2 Å². The first kappa shape index (κ1) is 24.6. The minimum atomic E-state index is -1.06. The third-order valence-corrected chi connectivity index (χ3v) is 4.02. The average Bonchev–Trinajstić information content (AvgIpc) is 2.63. The number of amides is 1. The summed E-state index contributed by atoms with van der Waals surface area (Å²) < 4.78 is 21.7. The molecule has 0 fully saturated rings. The van der Waals surface area contributed by atoms with Gasteiger partial charge in [0.05, 0.1) is 20.3 Å². The van der Waals surface area contributed by atoms with Crippen molar-refractivity contribution in [2.24, 2.45) is 5.92 Å². The number of carbonyl (C=O) groups excluding carboxylic acids is 2. The van der Waals surface area contributed by atoms with Crippen molar-refractivity contribution < 1.29 is 28.5 Å². The standard InChI is InChI=1S/C22H35NO6/c1-8-10-15(3)14-28-16-11-12-17(18(13-16)26-7)19(20(24)27-9-2)23-21(25)29-22(4,5)6/h11-13,15,19H,8-10,14H2,1-7H3,(H,23,25)/t15?,19-/m1/s1. The molecular weight excluding hydrogens is 374 g/mol. The molecule has 7 heteroatoms. The van der Waals surface area contributed by atoms with E-state index >= 15 is 0 Å². The SMILES string of the molecule is CCCC(C)COc1ccc([C@@H](NC(=O)OC(C)(C)C)C(=O)OCC)c(OC)c1. The summed E-state index contributed by atoms with van der Waals surface area (Å²) in [6.07, 6.45) is 1.47. The topological polar surface area (TPSA) is 83.1 Å². The lowest BCUT2D eigenvalue weighted by Gasteiger charge is -2.24. The number of ether oxygens (including phenoxy) is 4. The van der Waals surface area contributed by atoms with Crippen molar-refractivity contribution in [1.82, 2.24) is 5.32 Å². The average molecular weight is 410 g/mol. The molecule has 1 unspecified atom stereocenters. The maximum Gasteiger partial charge on any atom is 0.408 e. The first-order chi connectivity index (χ1) is 13.6. The molecule has 1 rings (SSSR count). The normalized spacial score (nSPS) is 13.2. The second-order valence-electron chi connectivity index (χ2n) is 7.94. The van der Waals surface area contributed by atoms with Crippen molar-refractivity contribution in [3.63, 3.8) is 0 Å². The first-order valence-corrected chi connectivity index (χ1v) is 10.1. The Morgan fingerprint density at radius 1 is 1.17 bits per heavy atom. The first-order valence-electron chi connectivity index (χ1n) is 10.1. The van der Waals surface area contributed by atoms with E-state index in [1.807, 2.05) is 0 Å². The van der Waals surface area contributed by atoms with Crippen molar-refractivity contribution in [2.75, 3.05) is 20.3 Å². The van der Waals surface area contributed by atoms with Crippen LogP contribution in [0.2, 0.25) is 0 Å². The number of hydrogen-bond donors (Lipinski definition) is 1. The second-order valence-corrected chi connectivity index (χ2v) is 7.94. The van der Waals surface area contributed by atoms with Crippen LogP contribution in [0.15, 0.2) is 18.2 Å². The molecule has 1 aromatic carbocycles. The van der Waals surface area contributed by atoms with E-state index in [0.717, 1.165) is 12.8 Å². The summed E-state index contributed by atoms with van der Waals surface area (Å²) in [7, 11) is 1.50. The van der Waals surface area contributed by atoms with Gasteiger partial charge in [0, 0.05) is 11.6 Å². The van der Waals surface area contributed by atoms with Gasteiger partial charge in [0.25, 0.3) is 0 Å². The number of carbonyl (C=O) groups is 2. The molecule has 0 saturated heterocycles. The summed E-state index contributed by atoms with van der Waals surface area (Å²) in [6.45, 7) is 12.0. The molecule has 0 radical (unpaired) electrons. The maximum atomic E-state index is 12.5. The molecule has 0 aliphatic rings. The van der Waals surface area contributed by atoms with Gasteiger partial charge < -0.3 is 24.3 Å². The smallest absolute Gasteiger partial charge is 0.408 e. The fraction of sp³-hybridized carbons (Fsp3) is 0.636. The highest BCUT2D eigenvalue weighted by atomic mass is 16.6. The molecule has 0 saturated carbocycles. The van der Waals surface area contributed by atoms with Crippen LogP contribution in [-0.2, 0) is 14.3 Å². The largest absolute Gasteiger partial charge is 0.496 e. The molecule has 0 aliphatic carbocycles. The van der Waals surface area contributed by atoms with Gasteiger partial charge in [0.15, 0.2) is 6.04 Å². The number of nitrogens with one attached hydrogen (secondary N) is 1. The van der Waals surface area contributed by atoms with Gasteiger partial charge in [-0.2, -0.15) is 0 Å². The van der Waals surface area contributed by atoms with E-state index in [4.69, 9.17) is 18.9 Å². The van der Waals surface area contributed by atoms with Crippen LogP contribution in [0.4, 0.5) is 4.79 Å². The third kappa shape index (κ3) is 8.62. The van der Waals surface area contributed by atoms with Crippen molar-refractivity contribution >= 4 is 12.1 Å². The summed E-state index contributed by atoms with van der Waals surface area (Å²) in [5, 5.41) is 2.58. The minimum Gasteiger partial charge on any atom is -0.496 e. The highest BCUT2D eigenvalue weighted by Crippen LogP contribution is 2.31. The van der Waals surface area contributed by atoms with Crippen LogP contribution in [0.3, 0.4) is 0 Å². The molecule has 2 atom stereocenters. The van der Waals surface area contributed by atoms with Gasteiger partial charge in [-0.15, -0.1) is 0 Å². The summed E-state index contributed by atoms with van der Waals surface area (Å²) >= 11 is 0. The van der Waals surface area contributed by atoms with Crippen molar-refractivity contribution in [1.29, 1.82) is 0 Å². The molecular formula is C22H35NO6. The van der Waals surface area contributed by atoms with Crippen LogP contribution >= 0.6 is 0 Å². The van der Waals surface area contributed by atoms with Crippen LogP contribution in [0.25, 0.3) is 0 Å². The zero-order chi connectivity index (χ0) is 22.0. The van der Waals surface area contributed by atoms with Crippen LogP contribution < -0.4 is 14.8 Å². The van der Waals surface area contributed by atoms with E-state index in [0.29, 0.717) is 29.6 Å². The maximum absolute atomic E-state index is 12.5. The number of hydrogen-bond acceptors (Lipinski definition) is 6. The van der Waals surface area contributed by atoms with Crippen LogP contribution in [0.1, 0.15) is 66.0 Å². The Bertz CT molecular complexity index is 668. The lowest BCUT2D eigenvalue weighted by atomic mass is 10.1. The Labute approximate surface area is 174 Å². The molecule has 7 nitrogen and oxygen atoms in total. The highest BCUT2D eigenvalue weighted by Gasteiger charge is 2.29. The molecule has 164 valence electrons. The predicted octanol–water partition coefficient (Wildman–Crippen LogP) is 4.64. The van der Waals surface area contributed by atoms with E-state index in [1.165, 1.54) is 7.11 Å². The van der Waals surface area contributed by atoms with Gasteiger partial charge >= 0.3 is 12.1 Å². The number of esters is 1. The molecule has 1 amide bonds. The Kier molecular flexibility index (Phi) is 9.78. The Hall–Kier alpha value is -2.44. The molecule has 0 aromatic heterocycles. The Balaban J connectivity index is 3.07.